The van der Waals surface area contributed by atoms with Gasteiger partial charge in [0.2, 0.25) is 0 Å². The molecule has 1 amide bonds. The molecule has 2 N–H and O–H groups in total. The van der Waals surface area contributed by atoms with Crippen LogP contribution in [-0.4, -0.2) is 30.2 Å². The molecule has 194 valence electrons. The van der Waals surface area contributed by atoms with Crippen molar-refractivity contribution in [1.82, 2.24) is 10.4 Å². The Labute approximate surface area is 234 Å². The van der Waals surface area contributed by atoms with Gasteiger partial charge in [0.1, 0.15) is 17.2 Å². The summed E-state index contributed by atoms with van der Waals surface area (Å²) in [6, 6.07) is 26.5. The zero-order valence-corrected chi connectivity index (χ0v) is 22.1. The number of esters is 1. The summed E-state index contributed by atoms with van der Waals surface area (Å²) in [7, 11) is 1.58. The molecule has 4 aromatic carbocycles. The third-order valence-corrected chi connectivity index (χ3v) is 6.50. The summed E-state index contributed by atoms with van der Waals surface area (Å²) >= 11 is 12.1. The monoisotopic (exact) mass is 557 g/mol. The molecule has 0 aliphatic carbocycles. The zero-order chi connectivity index (χ0) is 27.4. The number of benzene rings is 4. The average Bonchev–Trinajstić information content (AvgIpc) is 3.34. The van der Waals surface area contributed by atoms with Gasteiger partial charge in [-0.1, -0.05) is 77.8 Å². The highest BCUT2D eigenvalue weighted by atomic mass is 35.5. The summed E-state index contributed by atoms with van der Waals surface area (Å²) in [5.41, 5.74) is 5.83. The van der Waals surface area contributed by atoms with E-state index in [4.69, 9.17) is 32.7 Å². The van der Waals surface area contributed by atoms with E-state index in [-0.39, 0.29) is 16.3 Å². The number of nitrogens with zero attached hydrogens (tertiary/aromatic N) is 1. The standard InChI is InChI=1S/C30H21Cl2N3O4/c1-38-25-13-7-11-22-26(18-8-3-2-4-9-18)28(34-27(22)25)29(36)35-33-17-19-10-5-6-12-24(19)39-30(37)21-15-14-20(31)16-23(21)32/h2-17,34H,1H3,(H,35,36). The molecule has 7 nitrogen and oxygen atoms in total. The third kappa shape index (κ3) is 5.50. The van der Waals surface area contributed by atoms with Crippen LogP contribution in [0.4, 0.5) is 0 Å². The first kappa shape index (κ1) is 26.0. The lowest BCUT2D eigenvalue weighted by Crippen LogP contribution is -2.19. The van der Waals surface area contributed by atoms with Gasteiger partial charge in [0.25, 0.3) is 5.91 Å². The van der Waals surface area contributed by atoms with Crippen LogP contribution in [0.15, 0.2) is 96.1 Å². The number of hydrogen-bond donors (Lipinski definition) is 2. The van der Waals surface area contributed by atoms with E-state index in [9.17, 15) is 9.59 Å². The van der Waals surface area contributed by atoms with Crippen molar-refractivity contribution >= 4 is 52.2 Å². The Bertz CT molecular complexity index is 1710. The van der Waals surface area contributed by atoms with Gasteiger partial charge in [-0.25, -0.2) is 10.2 Å². The summed E-state index contributed by atoms with van der Waals surface area (Å²) in [6.45, 7) is 0. The Morgan fingerprint density at radius 1 is 0.897 bits per heavy atom. The number of methoxy groups -OCH3 is 1. The number of fused-ring (bicyclic) bond motifs is 1. The molecule has 0 spiro atoms. The van der Waals surface area contributed by atoms with Gasteiger partial charge in [0.15, 0.2) is 0 Å². The van der Waals surface area contributed by atoms with E-state index in [2.05, 4.69) is 15.5 Å². The first-order valence-corrected chi connectivity index (χ1v) is 12.6. The molecule has 0 bridgehead atoms. The van der Waals surface area contributed by atoms with Crippen molar-refractivity contribution in [2.75, 3.05) is 7.11 Å². The fraction of sp³-hybridized carbons (Fsp3) is 0.0333. The summed E-state index contributed by atoms with van der Waals surface area (Å²) < 4.78 is 11.0. The number of para-hydroxylation sites is 2. The smallest absolute Gasteiger partial charge is 0.345 e. The lowest BCUT2D eigenvalue weighted by Gasteiger charge is -2.08. The lowest BCUT2D eigenvalue weighted by atomic mass is 10.0. The van der Waals surface area contributed by atoms with Crippen LogP contribution >= 0.6 is 23.2 Å². The maximum atomic E-state index is 13.3. The number of hydrazone groups is 1. The highest BCUT2D eigenvalue weighted by Gasteiger charge is 2.21. The number of nitrogens with one attached hydrogen (secondary N) is 2. The van der Waals surface area contributed by atoms with Gasteiger partial charge in [0.05, 0.1) is 29.4 Å². The number of carbonyl (C=O) groups excluding carboxylic acids is 2. The van der Waals surface area contributed by atoms with E-state index in [1.54, 1.807) is 37.4 Å². The van der Waals surface area contributed by atoms with Gasteiger partial charge in [-0.2, -0.15) is 5.10 Å². The molecular formula is C30H21Cl2N3O4. The molecular weight excluding hydrogens is 537 g/mol. The second-order valence-electron chi connectivity index (χ2n) is 8.37. The van der Waals surface area contributed by atoms with E-state index in [0.717, 1.165) is 16.5 Å². The van der Waals surface area contributed by atoms with Crippen LogP contribution in [0.1, 0.15) is 26.4 Å². The van der Waals surface area contributed by atoms with Crippen molar-refractivity contribution in [1.29, 1.82) is 0 Å². The highest BCUT2D eigenvalue weighted by Crippen LogP contribution is 2.36. The molecule has 5 aromatic rings. The molecule has 0 fully saturated rings. The van der Waals surface area contributed by atoms with Gasteiger partial charge < -0.3 is 14.5 Å². The number of rotatable bonds is 7. The summed E-state index contributed by atoms with van der Waals surface area (Å²) in [4.78, 5) is 29.2. The van der Waals surface area contributed by atoms with Crippen LogP contribution in [-0.2, 0) is 0 Å². The molecule has 0 unspecified atom stereocenters. The average molecular weight is 558 g/mol. The molecule has 0 atom stereocenters. The maximum absolute atomic E-state index is 13.3. The third-order valence-electron chi connectivity index (χ3n) is 5.95. The second kappa shape index (κ2) is 11.4. The summed E-state index contributed by atoms with van der Waals surface area (Å²) in [5.74, 6) is -0.248. The Morgan fingerprint density at radius 3 is 2.41 bits per heavy atom. The van der Waals surface area contributed by atoms with Gasteiger partial charge in [0, 0.05) is 21.5 Å². The molecule has 1 aromatic heterocycles. The van der Waals surface area contributed by atoms with Crippen LogP contribution < -0.4 is 14.9 Å². The fourth-order valence-electron chi connectivity index (χ4n) is 4.14. The number of amides is 1. The van der Waals surface area contributed by atoms with Crippen molar-refractivity contribution in [2.45, 2.75) is 0 Å². The molecule has 0 aliphatic rings. The van der Waals surface area contributed by atoms with E-state index >= 15 is 0 Å². The van der Waals surface area contributed by atoms with Gasteiger partial charge >= 0.3 is 5.97 Å². The molecule has 1 heterocycles. The number of hydrogen-bond acceptors (Lipinski definition) is 5. The SMILES string of the molecule is COc1cccc2c(-c3ccccc3)c(C(=O)NN=Cc3ccccc3OC(=O)c3ccc(Cl)cc3Cl)[nH]c12. The van der Waals surface area contributed by atoms with Crippen molar-refractivity contribution < 1.29 is 19.1 Å². The maximum Gasteiger partial charge on any atom is 0.345 e. The van der Waals surface area contributed by atoms with Crippen LogP contribution in [0, 0.1) is 0 Å². The second-order valence-corrected chi connectivity index (χ2v) is 9.22. The van der Waals surface area contributed by atoms with Gasteiger partial charge in [-0.3, -0.25) is 4.79 Å². The van der Waals surface area contributed by atoms with Crippen LogP contribution in [0.3, 0.4) is 0 Å². The first-order chi connectivity index (χ1) is 19.0. The Kier molecular flexibility index (Phi) is 7.63. The predicted molar refractivity (Wildman–Crippen MR) is 153 cm³/mol. The summed E-state index contributed by atoms with van der Waals surface area (Å²) in [6.07, 6.45) is 1.40. The number of carbonyl (C=O) groups is 2. The largest absolute Gasteiger partial charge is 0.495 e. The number of ether oxygens (including phenoxy) is 2. The molecule has 0 aliphatic heterocycles. The van der Waals surface area contributed by atoms with Crippen molar-refractivity contribution in [2.24, 2.45) is 5.10 Å². The summed E-state index contributed by atoms with van der Waals surface area (Å²) in [5, 5.41) is 5.55. The normalized spacial score (nSPS) is 11.1. The number of aromatic nitrogens is 1. The minimum atomic E-state index is -0.652. The first-order valence-electron chi connectivity index (χ1n) is 11.8. The van der Waals surface area contributed by atoms with Crippen LogP contribution in [0.2, 0.25) is 10.0 Å². The van der Waals surface area contributed by atoms with E-state index in [1.165, 1.54) is 18.3 Å². The quantitative estimate of drug-likeness (QED) is 0.0962. The fourth-order valence-corrected chi connectivity index (χ4v) is 4.63. The minimum Gasteiger partial charge on any atom is -0.495 e. The van der Waals surface area contributed by atoms with Crippen molar-refractivity contribution in [3.05, 3.63) is 118 Å². The highest BCUT2D eigenvalue weighted by molar-refractivity contribution is 6.36. The topological polar surface area (TPSA) is 92.8 Å². The number of aromatic amines is 1. The van der Waals surface area contributed by atoms with Gasteiger partial charge in [-0.05, 0) is 42.0 Å². The lowest BCUT2D eigenvalue weighted by molar-refractivity contribution is 0.0734. The molecule has 0 saturated heterocycles. The van der Waals surface area contributed by atoms with Crippen LogP contribution in [0.5, 0.6) is 11.5 Å². The van der Waals surface area contributed by atoms with Crippen LogP contribution in [0.25, 0.3) is 22.0 Å². The van der Waals surface area contributed by atoms with Gasteiger partial charge in [-0.15, -0.1) is 0 Å². The van der Waals surface area contributed by atoms with E-state index in [0.29, 0.717) is 27.5 Å². The Balaban J connectivity index is 1.41. The zero-order valence-electron chi connectivity index (χ0n) is 20.6. The molecule has 5 rings (SSSR count). The van der Waals surface area contributed by atoms with Crippen molar-refractivity contribution in [3.63, 3.8) is 0 Å². The number of H-pyrrole nitrogens is 1. The molecule has 39 heavy (non-hydrogen) atoms. The molecule has 9 heteroatoms. The molecule has 0 radical (unpaired) electrons. The predicted octanol–water partition coefficient (Wildman–Crippen LogP) is 7.13. The van der Waals surface area contributed by atoms with Crippen molar-refractivity contribution in [3.8, 4) is 22.6 Å². The van der Waals surface area contributed by atoms with E-state index in [1.807, 2.05) is 48.5 Å². The van der Waals surface area contributed by atoms with E-state index < -0.39 is 11.9 Å². The minimum absolute atomic E-state index is 0.170. The Hall–Kier alpha value is -4.59. The Morgan fingerprint density at radius 2 is 1.64 bits per heavy atom. The number of halogens is 2. The molecule has 0 saturated carbocycles.